The molecule has 12 heteroatoms. The number of fused-ring (bicyclic) bond motifs is 1. The average molecular weight is 408 g/mol. The number of β-lactam (4-membered cyclic amide) rings is 1. The number of thioether (sulfide) groups is 1. The minimum absolute atomic E-state index is 0.0855. The summed E-state index contributed by atoms with van der Waals surface area (Å²) in [5, 5.41) is 31.6. The van der Waals surface area contributed by atoms with Crippen molar-refractivity contribution in [3.8, 4) is 5.75 Å². The molecule has 11 nitrogen and oxygen atoms in total. The third kappa shape index (κ3) is 3.16. The Bertz CT molecular complexity index is 932. The molecule has 0 radical (unpaired) electrons. The number of hydrogen-bond donors (Lipinski definition) is 4. The first-order chi connectivity index (χ1) is 13.1. The molecule has 0 aliphatic carbocycles. The minimum atomic E-state index is -1.31. The Morgan fingerprint density at radius 2 is 2.14 bits per heavy atom. The lowest BCUT2D eigenvalue weighted by molar-refractivity contribution is -0.385. The lowest BCUT2D eigenvalue weighted by Gasteiger charge is -2.49. The summed E-state index contributed by atoms with van der Waals surface area (Å²) >= 11 is 1.32. The van der Waals surface area contributed by atoms with E-state index >= 15 is 0 Å². The van der Waals surface area contributed by atoms with Gasteiger partial charge in [0, 0.05) is 11.8 Å². The Labute approximate surface area is 162 Å². The first-order valence-corrected chi connectivity index (χ1v) is 9.09. The highest BCUT2D eigenvalue weighted by atomic mass is 32.2. The number of phenols is 1. The number of nitrogens with zero attached hydrogens (tertiary/aromatic N) is 2. The van der Waals surface area contributed by atoms with E-state index in [1.54, 1.807) is 6.92 Å². The van der Waals surface area contributed by atoms with Crippen molar-refractivity contribution >= 4 is 35.2 Å². The lowest BCUT2D eigenvalue weighted by atomic mass is 10.0. The van der Waals surface area contributed by atoms with Crippen molar-refractivity contribution in [1.82, 2.24) is 10.2 Å². The molecule has 28 heavy (non-hydrogen) atoms. The number of carboxylic acid groups (broad SMARTS) is 1. The third-order valence-corrected chi connectivity index (χ3v) is 5.92. The number of nitrogens with two attached hydrogens (primary N) is 1. The Hall–Kier alpha value is -3.12. The summed E-state index contributed by atoms with van der Waals surface area (Å²) in [6.45, 7) is 1.62. The van der Waals surface area contributed by atoms with Crippen LogP contribution in [0.4, 0.5) is 5.69 Å². The van der Waals surface area contributed by atoms with Gasteiger partial charge in [-0.2, -0.15) is 0 Å². The number of benzene rings is 1. The number of nitro groups is 1. The van der Waals surface area contributed by atoms with Gasteiger partial charge in [0.25, 0.3) is 5.91 Å². The molecule has 0 spiro atoms. The van der Waals surface area contributed by atoms with Crippen molar-refractivity contribution in [3.63, 3.8) is 0 Å². The summed E-state index contributed by atoms with van der Waals surface area (Å²) in [6, 6.07) is 1.05. The molecule has 1 saturated heterocycles. The van der Waals surface area contributed by atoms with Gasteiger partial charge in [0.05, 0.1) is 4.92 Å². The molecule has 0 aromatic heterocycles. The largest absolute Gasteiger partial charge is 0.502 e. The van der Waals surface area contributed by atoms with Gasteiger partial charge in [-0.05, 0) is 24.1 Å². The van der Waals surface area contributed by atoms with E-state index < -0.39 is 51.6 Å². The molecule has 3 rings (SSSR count). The van der Waals surface area contributed by atoms with Crippen LogP contribution >= 0.6 is 11.8 Å². The molecule has 0 bridgehead atoms. The Balaban J connectivity index is 1.74. The van der Waals surface area contributed by atoms with Crippen LogP contribution in [0.2, 0.25) is 0 Å². The van der Waals surface area contributed by atoms with Crippen LogP contribution in [0.25, 0.3) is 0 Å². The average Bonchev–Trinajstić information content (AvgIpc) is 2.64. The van der Waals surface area contributed by atoms with Gasteiger partial charge in [-0.3, -0.25) is 24.6 Å². The Kier molecular flexibility index (Phi) is 5.00. The van der Waals surface area contributed by atoms with Crippen molar-refractivity contribution in [2.24, 2.45) is 5.73 Å². The molecule has 2 heterocycles. The summed E-state index contributed by atoms with van der Waals surface area (Å²) in [7, 11) is 0. The van der Waals surface area contributed by atoms with Crippen LogP contribution in [0.15, 0.2) is 29.5 Å². The summed E-state index contributed by atoms with van der Waals surface area (Å²) in [4.78, 5) is 47.4. The van der Waals surface area contributed by atoms with Gasteiger partial charge < -0.3 is 21.3 Å². The van der Waals surface area contributed by atoms with Gasteiger partial charge in [0.1, 0.15) is 23.2 Å². The number of aliphatic carboxylic acids is 1. The molecule has 0 saturated carbocycles. The van der Waals surface area contributed by atoms with Crippen LogP contribution in [0.1, 0.15) is 18.5 Å². The second-order valence-corrected chi connectivity index (χ2v) is 7.42. The van der Waals surface area contributed by atoms with E-state index in [2.05, 4.69) is 5.32 Å². The number of hydrogen-bond acceptors (Lipinski definition) is 8. The predicted octanol–water partition coefficient (Wildman–Crippen LogP) is 0.0587. The fourth-order valence-electron chi connectivity index (χ4n) is 3.05. The van der Waals surface area contributed by atoms with Gasteiger partial charge in [0.15, 0.2) is 5.75 Å². The van der Waals surface area contributed by atoms with E-state index in [9.17, 15) is 34.7 Å². The second kappa shape index (κ2) is 7.13. The fourth-order valence-corrected chi connectivity index (χ4v) is 4.34. The third-order valence-electron chi connectivity index (χ3n) is 4.50. The van der Waals surface area contributed by atoms with Crippen molar-refractivity contribution in [1.29, 1.82) is 0 Å². The highest BCUT2D eigenvalue weighted by Crippen LogP contribution is 2.40. The van der Waals surface area contributed by atoms with Crippen molar-refractivity contribution in [2.75, 3.05) is 5.75 Å². The van der Waals surface area contributed by atoms with E-state index in [-0.39, 0.29) is 11.3 Å². The van der Waals surface area contributed by atoms with Crippen LogP contribution in [0.5, 0.6) is 5.75 Å². The standard InChI is InChI=1S/C16H16N4O7S/c1-6-5-28-15-11(14(23)19(15)12(6)16(24)25)18-13(22)10(17)7-2-3-9(21)8(4-7)20(26)27/h2-4,10-11,15,21H,5,17H2,1H3,(H,18,22)(H,24,25)/t10?,11?,15-/m1/s1. The molecule has 1 fully saturated rings. The van der Waals surface area contributed by atoms with Crippen LogP contribution < -0.4 is 11.1 Å². The second-order valence-electron chi connectivity index (χ2n) is 6.31. The van der Waals surface area contributed by atoms with Gasteiger partial charge in [-0.15, -0.1) is 11.8 Å². The molecule has 148 valence electrons. The maximum absolute atomic E-state index is 12.4. The summed E-state index contributed by atoms with van der Waals surface area (Å²) in [5.74, 6) is -2.69. The predicted molar refractivity (Wildman–Crippen MR) is 97.0 cm³/mol. The van der Waals surface area contributed by atoms with Gasteiger partial charge in [-0.1, -0.05) is 6.07 Å². The zero-order valence-electron chi connectivity index (χ0n) is 14.5. The highest BCUT2D eigenvalue weighted by Gasteiger charge is 2.53. The number of carbonyl (C=O) groups excluding carboxylic acids is 2. The van der Waals surface area contributed by atoms with Gasteiger partial charge in [0.2, 0.25) is 5.91 Å². The molecule has 2 unspecified atom stereocenters. The number of carbonyl (C=O) groups is 3. The zero-order chi connectivity index (χ0) is 20.7. The van der Waals surface area contributed by atoms with E-state index in [0.29, 0.717) is 11.3 Å². The molecule has 5 N–H and O–H groups in total. The number of phenolic OH excluding ortho intramolecular Hbond substituents is 1. The fraction of sp³-hybridized carbons (Fsp3) is 0.312. The molecule has 2 aliphatic rings. The SMILES string of the molecule is CC1=C(C(=O)O)N2C(=O)C(NC(=O)C(N)c3ccc(O)c([N+](=O)[O-])c3)[C@H]2SC1. The molecular weight excluding hydrogens is 392 g/mol. The summed E-state index contributed by atoms with van der Waals surface area (Å²) in [6.07, 6.45) is 0. The normalized spacial score (nSPS) is 22.2. The number of nitro benzene ring substituents is 1. The van der Waals surface area contributed by atoms with Gasteiger partial charge >= 0.3 is 11.7 Å². The Morgan fingerprint density at radius 3 is 2.75 bits per heavy atom. The van der Waals surface area contributed by atoms with Crippen molar-refractivity contribution in [3.05, 3.63) is 45.1 Å². The van der Waals surface area contributed by atoms with Crippen LogP contribution in [0, 0.1) is 10.1 Å². The molecule has 3 atom stereocenters. The molecule has 1 aromatic carbocycles. The van der Waals surface area contributed by atoms with Crippen LogP contribution in [0.3, 0.4) is 0 Å². The van der Waals surface area contributed by atoms with E-state index in [4.69, 9.17) is 5.73 Å². The van der Waals surface area contributed by atoms with E-state index in [1.165, 1.54) is 17.8 Å². The number of amides is 2. The number of nitrogens with one attached hydrogen (secondary N) is 1. The Morgan fingerprint density at radius 1 is 1.46 bits per heavy atom. The van der Waals surface area contributed by atoms with Crippen molar-refractivity contribution in [2.45, 2.75) is 24.4 Å². The quantitative estimate of drug-likeness (QED) is 0.298. The topological polar surface area (TPSA) is 176 Å². The number of aromatic hydroxyl groups is 1. The molecular formula is C16H16N4O7S. The first-order valence-electron chi connectivity index (χ1n) is 8.04. The number of carboxylic acids is 1. The smallest absolute Gasteiger partial charge is 0.352 e. The lowest BCUT2D eigenvalue weighted by Crippen LogP contribution is -2.71. The molecule has 1 aromatic rings. The van der Waals surface area contributed by atoms with Crippen molar-refractivity contribution < 1.29 is 29.5 Å². The maximum Gasteiger partial charge on any atom is 0.352 e. The van der Waals surface area contributed by atoms with E-state index in [1.807, 2.05) is 0 Å². The van der Waals surface area contributed by atoms with Crippen LogP contribution in [-0.2, 0) is 14.4 Å². The summed E-state index contributed by atoms with van der Waals surface area (Å²) in [5.41, 5.74) is 5.81. The minimum Gasteiger partial charge on any atom is -0.502 e. The highest BCUT2D eigenvalue weighted by molar-refractivity contribution is 8.00. The zero-order valence-corrected chi connectivity index (χ0v) is 15.3. The monoisotopic (exact) mass is 408 g/mol. The first kappa shape index (κ1) is 19.6. The summed E-state index contributed by atoms with van der Waals surface area (Å²) < 4.78 is 0. The number of rotatable bonds is 5. The van der Waals surface area contributed by atoms with Gasteiger partial charge in [-0.25, -0.2) is 4.79 Å². The van der Waals surface area contributed by atoms with E-state index in [0.717, 1.165) is 17.0 Å². The van der Waals surface area contributed by atoms with Crippen LogP contribution in [-0.4, -0.2) is 55.0 Å². The molecule has 2 amide bonds. The maximum atomic E-state index is 12.4. The molecule has 2 aliphatic heterocycles.